The van der Waals surface area contributed by atoms with Gasteiger partial charge in [-0.15, -0.1) is 0 Å². The van der Waals surface area contributed by atoms with Gasteiger partial charge in [-0.05, 0) is 67.2 Å². The number of nitrogens with zero attached hydrogens (tertiary/aromatic N) is 2. The van der Waals surface area contributed by atoms with Crippen molar-refractivity contribution < 1.29 is 19.0 Å². The number of allylic oxidation sites excluding steroid dienone is 3. The molecule has 5 rings (SSSR count). The summed E-state index contributed by atoms with van der Waals surface area (Å²) >= 11 is 0. The third kappa shape index (κ3) is 7.93. The average Bonchev–Trinajstić information content (AvgIpc) is 3.81. The Balaban J connectivity index is 0.00000189. The van der Waals surface area contributed by atoms with E-state index in [2.05, 4.69) is 29.8 Å². The molecule has 2 aromatic carbocycles. The molecule has 2 aliphatic rings. The smallest absolute Gasteiger partial charge is 0.224 e. The van der Waals surface area contributed by atoms with E-state index in [0.29, 0.717) is 25.5 Å². The van der Waals surface area contributed by atoms with Gasteiger partial charge in [-0.2, -0.15) is 0 Å². The fourth-order valence-corrected chi connectivity index (χ4v) is 4.80. The van der Waals surface area contributed by atoms with Gasteiger partial charge in [0.2, 0.25) is 5.91 Å². The Labute approximate surface area is 244 Å². The zero-order chi connectivity index (χ0) is 29.2. The number of rotatable bonds is 11. The van der Waals surface area contributed by atoms with E-state index in [1.165, 1.54) is 0 Å². The monoisotopic (exact) mass is 553 g/mol. The number of pyridine rings is 1. The Kier molecular flexibility index (Phi) is 10.9. The fraction of sp³-hybridized carbons (Fsp3) is 0.343. The number of aromatic nitrogens is 1. The summed E-state index contributed by atoms with van der Waals surface area (Å²) in [6.45, 7) is 13.6. The molecule has 0 N–H and O–H groups in total. The van der Waals surface area contributed by atoms with Gasteiger partial charge in [-0.3, -0.25) is 9.78 Å². The van der Waals surface area contributed by atoms with Gasteiger partial charge in [0.25, 0.3) is 0 Å². The average molecular weight is 554 g/mol. The van der Waals surface area contributed by atoms with Gasteiger partial charge in [0.15, 0.2) is 6.29 Å². The van der Waals surface area contributed by atoms with Crippen molar-refractivity contribution in [1.82, 2.24) is 4.98 Å². The maximum atomic E-state index is 13.0. The Hall–Kier alpha value is -3.74. The van der Waals surface area contributed by atoms with Crippen LogP contribution in [-0.2, 0) is 20.8 Å². The van der Waals surface area contributed by atoms with Crippen molar-refractivity contribution in [2.24, 2.45) is 0 Å². The molecule has 1 atom stereocenters. The van der Waals surface area contributed by atoms with Gasteiger partial charge < -0.3 is 19.1 Å². The van der Waals surface area contributed by atoms with Crippen LogP contribution >= 0.6 is 0 Å². The zero-order valence-electron chi connectivity index (χ0n) is 24.7. The quantitative estimate of drug-likeness (QED) is 0.228. The molecule has 1 amide bonds. The molecule has 1 fully saturated rings. The van der Waals surface area contributed by atoms with Crippen LogP contribution in [0.2, 0.25) is 0 Å². The molecule has 6 heteroatoms. The normalized spacial score (nSPS) is 16.2. The lowest BCUT2D eigenvalue weighted by atomic mass is 10.0. The van der Waals surface area contributed by atoms with Crippen molar-refractivity contribution in [2.45, 2.75) is 59.8 Å². The third-order valence-electron chi connectivity index (χ3n) is 6.96. The third-order valence-corrected chi connectivity index (χ3v) is 6.96. The second-order valence-corrected chi connectivity index (χ2v) is 9.93. The van der Waals surface area contributed by atoms with Gasteiger partial charge in [0.05, 0.1) is 30.5 Å². The molecule has 0 saturated carbocycles. The first-order valence-electron chi connectivity index (χ1n) is 14.5. The molecule has 6 nitrogen and oxygen atoms in total. The standard InChI is InChI=1S/C33H35N2O4.C2H6/c1-23(2)26-14-15-31(37-18-19-39-32-13-7-8-17-38-32)27(20-26)22-35(24(3)36)30-12-9-16-34-33(30)29-21-28(29)25-10-5-4-6-11-25;1-2/h4-6,9-12,14-16,20-21,32H,1,7-8,13,17-19,22H2,2-3H3;1-2H3. The number of ether oxygens (including phenoxy) is 3. The summed E-state index contributed by atoms with van der Waals surface area (Å²) in [5.74, 6) is 1.69. The summed E-state index contributed by atoms with van der Waals surface area (Å²) in [7, 11) is 0. The second-order valence-electron chi connectivity index (χ2n) is 9.93. The summed E-state index contributed by atoms with van der Waals surface area (Å²) in [6.07, 6.45) is 6.86. The van der Waals surface area contributed by atoms with Crippen molar-refractivity contribution in [3.8, 4) is 5.75 Å². The van der Waals surface area contributed by atoms with Crippen LogP contribution in [0.1, 0.15) is 69.3 Å². The molecule has 3 aromatic rings. The first-order valence-corrected chi connectivity index (χ1v) is 14.5. The number of hydrogen-bond donors (Lipinski definition) is 0. The van der Waals surface area contributed by atoms with E-state index in [4.69, 9.17) is 14.2 Å². The van der Waals surface area contributed by atoms with Crippen LogP contribution in [0.5, 0.6) is 5.75 Å². The van der Waals surface area contributed by atoms with Crippen molar-refractivity contribution in [3.05, 3.63) is 108 Å². The molecule has 1 unspecified atom stereocenters. The lowest BCUT2D eigenvalue weighted by molar-refractivity contribution is -0.165. The van der Waals surface area contributed by atoms with E-state index in [-0.39, 0.29) is 12.2 Å². The minimum atomic E-state index is -0.154. The number of carbonyl (C=O) groups is 1. The van der Waals surface area contributed by atoms with Crippen molar-refractivity contribution in [1.29, 1.82) is 0 Å². The number of hydrogen-bond acceptors (Lipinski definition) is 5. The molecule has 1 saturated heterocycles. The Bertz CT molecular complexity index is 1350. The molecular weight excluding hydrogens is 512 g/mol. The zero-order valence-corrected chi connectivity index (χ0v) is 24.7. The summed E-state index contributed by atoms with van der Waals surface area (Å²) < 4.78 is 17.7. The topological polar surface area (TPSA) is 60.9 Å². The lowest BCUT2D eigenvalue weighted by Gasteiger charge is -2.25. The number of amides is 1. The molecule has 2 heterocycles. The minimum Gasteiger partial charge on any atom is -0.491 e. The number of carbonyl (C=O) groups excluding carboxylic acids is 1. The first kappa shape index (κ1) is 30.2. The van der Waals surface area contributed by atoms with Gasteiger partial charge in [0.1, 0.15) is 12.4 Å². The van der Waals surface area contributed by atoms with Crippen LogP contribution < -0.4 is 9.64 Å². The van der Waals surface area contributed by atoms with E-state index >= 15 is 0 Å². The van der Waals surface area contributed by atoms with Crippen LogP contribution in [0.4, 0.5) is 5.69 Å². The van der Waals surface area contributed by atoms with Crippen molar-refractivity contribution >= 4 is 22.7 Å². The molecule has 215 valence electrons. The van der Waals surface area contributed by atoms with Gasteiger partial charge in [-0.1, -0.05) is 68.5 Å². The predicted molar refractivity (Wildman–Crippen MR) is 165 cm³/mol. The molecule has 1 radical (unpaired) electrons. The fourth-order valence-electron chi connectivity index (χ4n) is 4.80. The molecule has 0 spiro atoms. The van der Waals surface area contributed by atoms with E-state index in [9.17, 15) is 4.79 Å². The summed E-state index contributed by atoms with van der Waals surface area (Å²) in [6, 6.07) is 20.0. The Morgan fingerprint density at radius 2 is 1.85 bits per heavy atom. The second kappa shape index (κ2) is 14.8. The largest absolute Gasteiger partial charge is 0.491 e. The first-order chi connectivity index (χ1) is 20.0. The van der Waals surface area contributed by atoms with Crippen LogP contribution in [-0.4, -0.2) is 37.0 Å². The molecule has 1 aliphatic carbocycles. The van der Waals surface area contributed by atoms with E-state index in [1.54, 1.807) is 18.0 Å². The number of benzene rings is 2. The highest BCUT2D eigenvalue weighted by molar-refractivity contribution is 6.01. The summed E-state index contributed by atoms with van der Waals surface area (Å²) in [5, 5.41) is 0. The van der Waals surface area contributed by atoms with Crippen LogP contribution in [0.15, 0.2) is 79.5 Å². The minimum absolute atomic E-state index is 0.0729. The lowest BCUT2D eigenvalue weighted by Crippen LogP contribution is -2.29. The maximum absolute atomic E-state index is 13.0. The van der Waals surface area contributed by atoms with Crippen molar-refractivity contribution in [3.63, 3.8) is 0 Å². The summed E-state index contributed by atoms with van der Waals surface area (Å²) in [5.41, 5.74) is 6.70. The summed E-state index contributed by atoms with van der Waals surface area (Å²) in [4.78, 5) is 19.5. The molecule has 41 heavy (non-hydrogen) atoms. The molecule has 0 bridgehead atoms. The molecule has 1 aromatic heterocycles. The van der Waals surface area contributed by atoms with Crippen LogP contribution in [0.25, 0.3) is 11.1 Å². The highest BCUT2D eigenvalue weighted by Gasteiger charge is 2.34. The highest BCUT2D eigenvalue weighted by Crippen LogP contribution is 2.47. The van der Waals surface area contributed by atoms with Gasteiger partial charge in [-0.25, -0.2) is 0 Å². The van der Waals surface area contributed by atoms with E-state index < -0.39 is 0 Å². The molecular formula is C35H41N2O4. The van der Waals surface area contributed by atoms with Gasteiger partial charge in [0, 0.05) is 25.3 Å². The predicted octanol–water partition coefficient (Wildman–Crippen LogP) is 7.64. The van der Waals surface area contributed by atoms with E-state index in [0.717, 1.165) is 71.0 Å². The Morgan fingerprint density at radius 3 is 2.56 bits per heavy atom. The van der Waals surface area contributed by atoms with Crippen LogP contribution in [0.3, 0.4) is 0 Å². The number of anilines is 1. The SMILES string of the molecule is C=C(C)c1ccc(OCCOC2CCCCO2)c(CN(C(C)=O)c2cccnc2[C]2C=C2c2ccccc2)c1.CC. The van der Waals surface area contributed by atoms with Gasteiger partial charge >= 0.3 is 0 Å². The van der Waals surface area contributed by atoms with Crippen LogP contribution in [0, 0.1) is 5.92 Å². The van der Waals surface area contributed by atoms with Crippen molar-refractivity contribution in [2.75, 3.05) is 24.7 Å². The highest BCUT2D eigenvalue weighted by atomic mass is 16.7. The maximum Gasteiger partial charge on any atom is 0.224 e. The molecule has 1 aliphatic heterocycles. The Morgan fingerprint density at radius 1 is 1.05 bits per heavy atom. The van der Waals surface area contributed by atoms with E-state index in [1.807, 2.05) is 69.3 Å².